The smallest absolute Gasteiger partial charge is 0.166 e. The zero-order chi connectivity index (χ0) is 22.5. The fourth-order valence-corrected chi connectivity index (χ4v) is 5.63. The highest BCUT2D eigenvalue weighted by molar-refractivity contribution is 5.67. The number of rotatable bonds is 5. The average Bonchev–Trinajstić information content (AvgIpc) is 3.57. The molecule has 1 unspecified atom stereocenters. The van der Waals surface area contributed by atoms with Crippen LogP contribution in [0.2, 0.25) is 0 Å². The molecule has 1 saturated heterocycles. The van der Waals surface area contributed by atoms with Crippen molar-refractivity contribution >= 4 is 17.0 Å². The summed E-state index contributed by atoms with van der Waals surface area (Å²) in [7, 11) is 0. The first kappa shape index (κ1) is 20.1. The van der Waals surface area contributed by atoms with Crippen LogP contribution in [0.5, 0.6) is 0 Å². The van der Waals surface area contributed by atoms with Gasteiger partial charge in [0.15, 0.2) is 5.82 Å². The molecule has 0 spiro atoms. The van der Waals surface area contributed by atoms with Crippen molar-refractivity contribution < 1.29 is 8.81 Å². The fraction of sp³-hybridized carbons (Fsp3) is 0.346. The Balaban J connectivity index is 1.11. The van der Waals surface area contributed by atoms with Gasteiger partial charge in [-0.3, -0.25) is 4.90 Å². The topological polar surface area (TPSA) is 78.0 Å². The largest absolute Gasteiger partial charge is 0.457 e. The average molecular weight is 442 g/mol. The summed E-state index contributed by atoms with van der Waals surface area (Å²) < 4.78 is 19.4. The standard InChI is InChI=1S/C26H24FN5O/c1-15-2-3-20(27)10-23(15)24-9-16(11-28)26(31-30-24)29-21-6-17-12-32(13-18(17)7-21)14-19-8-22-4-5-25(19)33-22/h2-5,8-10,17-18,21H,6-7,12-14H2,1H3,(H,29,31)/t17-,18+,21?. The first-order valence-electron chi connectivity index (χ1n) is 11.4. The lowest BCUT2D eigenvalue weighted by Gasteiger charge is -2.20. The Morgan fingerprint density at radius 3 is 2.64 bits per heavy atom. The molecule has 1 aliphatic heterocycles. The van der Waals surface area contributed by atoms with Gasteiger partial charge >= 0.3 is 0 Å². The third kappa shape index (κ3) is 3.70. The number of aryl methyl sites for hydroxylation is 1. The highest BCUT2D eigenvalue weighted by Crippen LogP contribution is 2.40. The second-order valence-electron chi connectivity index (χ2n) is 9.46. The van der Waals surface area contributed by atoms with Crippen molar-refractivity contribution in [1.29, 1.82) is 5.26 Å². The lowest BCUT2D eigenvalue weighted by Crippen LogP contribution is -2.25. The monoisotopic (exact) mass is 441 g/mol. The van der Waals surface area contributed by atoms with Gasteiger partial charge < -0.3 is 9.73 Å². The molecular weight excluding hydrogens is 417 g/mol. The molecule has 6 rings (SSSR count). The van der Waals surface area contributed by atoms with Crippen LogP contribution in [0.1, 0.15) is 29.5 Å². The van der Waals surface area contributed by atoms with Crippen molar-refractivity contribution in [2.24, 2.45) is 11.8 Å². The maximum atomic E-state index is 13.7. The van der Waals surface area contributed by atoms with Crippen LogP contribution >= 0.6 is 0 Å². The maximum absolute atomic E-state index is 13.7. The molecule has 2 bridgehead atoms. The van der Waals surface area contributed by atoms with Gasteiger partial charge in [0.2, 0.25) is 0 Å². The summed E-state index contributed by atoms with van der Waals surface area (Å²) in [5.74, 6) is 1.47. The fourth-order valence-electron chi connectivity index (χ4n) is 5.63. The van der Waals surface area contributed by atoms with E-state index in [1.807, 2.05) is 13.0 Å². The van der Waals surface area contributed by atoms with Crippen LogP contribution < -0.4 is 5.32 Å². The minimum Gasteiger partial charge on any atom is -0.457 e. The highest BCUT2D eigenvalue weighted by Gasteiger charge is 2.41. The number of fused-ring (bicyclic) bond motifs is 3. The number of benzene rings is 2. The lowest BCUT2D eigenvalue weighted by atomic mass is 10.0. The molecule has 4 heterocycles. The Morgan fingerprint density at radius 1 is 1.12 bits per heavy atom. The van der Waals surface area contributed by atoms with Gasteiger partial charge in [-0.05, 0) is 73.6 Å². The normalized spacial score (nSPS) is 22.6. The van der Waals surface area contributed by atoms with Crippen molar-refractivity contribution in [2.75, 3.05) is 18.4 Å². The van der Waals surface area contributed by atoms with E-state index in [2.05, 4.69) is 38.6 Å². The Kier molecular flexibility index (Phi) is 4.77. The SMILES string of the molecule is Cc1ccc(F)cc1-c1cc(C#N)c(NC2C[C@@H]3CN(Cc4cc5ccc4o5)C[C@@H]3C2)nn1. The van der Waals surface area contributed by atoms with Gasteiger partial charge in [-0.25, -0.2) is 4.39 Å². The van der Waals surface area contributed by atoms with Crippen molar-refractivity contribution in [2.45, 2.75) is 32.4 Å². The molecule has 3 aromatic heterocycles. The van der Waals surface area contributed by atoms with Gasteiger partial charge in [0.1, 0.15) is 23.1 Å². The number of anilines is 1. The number of nitrogens with one attached hydrogen (secondary N) is 1. The number of aromatic nitrogens is 2. The van der Waals surface area contributed by atoms with Gasteiger partial charge in [-0.1, -0.05) is 6.07 Å². The summed E-state index contributed by atoms with van der Waals surface area (Å²) in [6.45, 7) is 5.01. The van der Waals surface area contributed by atoms with E-state index in [-0.39, 0.29) is 11.9 Å². The number of hydrogen-bond donors (Lipinski definition) is 1. The van der Waals surface area contributed by atoms with E-state index in [9.17, 15) is 9.65 Å². The molecule has 2 aliphatic rings. The molecule has 7 heteroatoms. The first-order chi connectivity index (χ1) is 16.1. The number of nitriles is 1. The van der Waals surface area contributed by atoms with Gasteiger partial charge in [0.25, 0.3) is 0 Å². The molecule has 0 amide bonds. The molecule has 2 fully saturated rings. The molecule has 1 N–H and O–H groups in total. The second-order valence-corrected chi connectivity index (χ2v) is 9.46. The van der Waals surface area contributed by atoms with E-state index in [1.54, 1.807) is 12.1 Å². The Hall–Kier alpha value is -3.50. The quantitative estimate of drug-likeness (QED) is 0.471. The summed E-state index contributed by atoms with van der Waals surface area (Å²) in [5.41, 5.74) is 5.74. The molecule has 33 heavy (non-hydrogen) atoms. The van der Waals surface area contributed by atoms with Crippen molar-refractivity contribution in [3.8, 4) is 17.3 Å². The molecule has 1 aromatic carbocycles. The third-order valence-corrected chi connectivity index (χ3v) is 7.21. The zero-order valence-corrected chi connectivity index (χ0v) is 18.4. The van der Waals surface area contributed by atoms with Crippen molar-refractivity contribution in [3.63, 3.8) is 0 Å². The number of halogens is 1. The molecular formula is C26H24FN5O. The predicted molar refractivity (Wildman–Crippen MR) is 123 cm³/mol. The third-order valence-electron chi connectivity index (χ3n) is 7.21. The van der Waals surface area contributed by atoms with E-state index in [1.165, 1.54) is 17.7 Å². The van der Waals surface area contributed by atoms with Gasteiger partial charge in [0, 0.05) is 36.8 Å². The summed E-state index contributed by atoms with van der Waals surface area (Å²) in [5, 5.41) is 21.8. The van der Waals surface area contributed by atoms with Gasteiger partial charge in [-0.15, -0.1) is 10.2 Å². The lowest BCUT2D eigenvalue weighted by molar-refractivity contribution is 0.301. The molecule has 1 aliphatic carbocycles. The summed E-state index contributed by atoms with van der Waals surface area (Å²) in [6.07, 6.45) is 2.11. The maximum Gasteiger partial charge on any atom is 0.166 e. The van der Waals surface area contributed by atoms with E-state index in [0.29, 0.717) is 34.5 Å². The van der Waals surface area contributed by atoms with E-state index in [0.717, 1.165) is 49.2 Å². The van der Waals surface area contributed by atoms with Gasteiger partial charge in [-0.2, -0.15) is 5.26 Å². The number of nitrogens with zero attached hydrogens (tertiary/aromatic N) is 4. The molecule has 6 nitrogen and oxygen atoms in total. The van der Waals surface area contributed by atoms with Gasteiger partial charge in [0.05, 0.1) is 11.3 Å². The molecule has 1 saturated carbocycles. The Labute approximate surface area is 191 Å². The summed E-state index contributed by atoms with van der Waals surface area (Å²) in [6, 6.07) is 15.0. The molecule has 0 radical (unpaired) electrons. The van der Waals surface area contributed by atoms with Crippen molar-refractivity contribution in [3.05, 3.63) is 65.0 Å². The molecule has 4 aromatic rings. The highest BCUT2D eigenvalue weighted by atomic mass is 19.1. The van der Waals surface area contributed by atoms with Crippen LogP contribution in [0.3, 0.4) is 0 Å². The van der Waals surface area contributed by atoms with Crippen LogP contribution in [0.25, 0.3) is 22.4 Å². The zero-order valence-electron chi connectivity index (χ0n) is 18.4. The summed E-state index contributed by atoms with van der Waals surface area (Å²) >= 11 is 0. The number of likely N-dealkylation sites (tertiary alicyclic amines) is 1. The molecule has 3 atom stereocenters. The Morgan fingerprint density at radius 2 is 1.94 bits per heavy atom. The van der Waals surface area contributed by atoms with Crippen LogP contribution in [0, 0.1) is 35.9 Å². The van der Waals surface area contributed by atoms with Crippen molar-refractivity contribution in [1.82, 2.24) is 15.1 Å². The first-order valence-corrected chi connectivity index (χ1v) is 11.4. The number of hydrogen-bond acceptors (Lipinski definition) is 6. The van der Waals surface area contributed by atoms with Crippen LogP contribution in [0.15, 0.2) is 46.9 Å². The van der Waals surface area contributed by atoms with E-state index >= 15 is 0 Å². The van der Waals surface area contributed by atoms with E-state index in [4.69, 9.17) is 4.42 Å². The Bertz CT molecular complexity index is 1340. The minimum atomic E-state index is -0.331. The van der Waals surface area contributed by atoms with Crippen LogP contribution in [-0.2, 0) is 6.54 Å². The second kappa shape index (κ2) is 7.82. The van der Waals surface area contributed by atoms with Crippen LogP contribution in [0.4, 0.5) is 10.2 Å². The number of furan rings is 2. The van der Waals surface area contributed by atoms with E-state index < -0.39 is 0 Å². The summed E-state index contributed by atoms with van der Waals surface area (Å²) in [4.78, 5) is 2.53. The minimum absolute atomic E-state index is 0.281. The predicted octanol–water partition coefficient (Wildman–Crippen LogP) is 4.97. The molecule has 166 valence electrons. The van der Waals surface area contributed by atoms with Crippen LogP contribution in [-0.4, -0.2) is 34.2 Å².